The van der Waals surface area contributed by atoms with Crippen molar-refractivity contribution in [2.75, 3.05) is 27.4 Å². The van der Waals surface area contributed by atoms with Crippen molar-refractivity contribution in [2.45, 2.75) is 84.3 Å². The van der Waals surface area contributed by atoms with Crippen LogP contribution < -0.4 is 16.0 Å². The second kappa shape index (κ2) is 18.8. The van der Waals surface area contributed by atoms with Gasteiger partial charge in [0, 0.05) is 44.9 Å². The van der Waals surface area contributed by atoms with Gasteiger partial charge in [0.05, 0.1) is 18.1 Å². The molecule has 2 fully saturated rings. The van der Waals surface area contributed by atoms with E-state index in [9.17, 15) is 19.5 Å². The molecule has 2 aliphatic rings. The minimum atomic E-state index is -1.10. The zero-order chi connectivity index (χ0) is 31.3. The molecule has 1 saturated heterocycles. The second-order valence-corrected chi connectivity index (χ2v) is 11.9. The number of nitrogens with one attached hydrogen (secondary N) is 1. The molecule has 0 spiro atoms. The van der Waals surface area contributed by atoms with E-state index in [-0.39, 0.29) is 36.4 Å². The van der Waals surface area contributed by atoms with Crippen LogP contribution in [0.15, 0.2) is 23.0 Å². The summed E-state index contributed by atoms with van der Waals surface area (Å²) in [4.78, 5) is 52.7. The number of nitrogens with zero attached hydrogens (tertiary/aromatic N) is 2. The molecule has 1 aliphatic heterocycles. The van der Waals surface area contributed by atoms with E-state index in [2.05, 4.69) is 15.7 Å². The Balaban J connectivity index is 0.000000390. The van der Waals surface area contributed by atoms with Crippen LogP contribution in [0, 0.1) is 17.3 Å². The molecule has 2 aromatic rings. The number of hydrogen-bond acceptors (Lipinski definition) is 8. The Morgan fingerprint density at radius 3 is 2.47 bits per heavy atom. The van der Waals surface area contributed by atoms with Gasteiger partial charge in [0.2, 0.25) is 12.3 Å². The monoisotopic (exact) mass is 638 g/mol. The van der Waals surface area contributed by atoms with Crippen LogP contribution in [0.3, 0.4) is 0 Å². The number of ether oxygens (including phenoxy) is 2. The van der Waals surface area contributed by atoms with Gasteiger partial charge in [-0.2, -0.15) is 0 Å². The molecule has 2 heterocycles. The summed E-state index contributed by atoms with van der Waals surface area (Å²) in [7, 11) is 3.18. The van der Waals surface area contributed by atoms with Gasteiger partial charge in [-0.05, 0) is 48.6 Å². The number of hydrogen-bond donors (Lipinski definition) is 3. The fourth-order valence-corrected chi connectivity index (χ4v) is 4.89. The van der Waals surface area contributed by atoms with Crippen LogP contribution in [0.5, 0.6) is 5.75 Å². The van der Waals surface area contributed by atoms with Crippen molar-refractivity contribution in [2.24, 2.45) is 23.0 Å². The van der Waals surface area contributed by atoms with Crippen LogP contribution in [-0.2, 0) is 44.1 Å². The molecule has 1 radical (unpaired) electrons. The third kappa shape index (κ3) is 12.1. The second-order valence-electron chi connectivity index (χ2n) is 11.9. The third-order valence-electron chi connectivity index (χ3n) is 7.55. The molecular formula is C31H47N4O7V-. The summed E-state index contributed by atoms with van der Waals surface area (Å²) >= 11 is 0. The van der Waals surface area contributed by atoms with Gasteiger partial charge in [0.15, 0.2) is 0 Å². The van der Waals surface area contributed by atoms with E-state index in [0.717, 1.165) is 35.5 Å². The Labute approximate surface area is 266 Å². The average molecular weight is 639 g/mol. The maximum atomic E-state index is 12.2. The van der Waals surface area contributed by atoms with E-state index in [1.165, 1.54) is 37.0 Å². The topological polar surface area (TPSA) is 165 Å². The van der Waals surface area contributed by atoms with Crippen molar-refractivity contribution in [3.05, 3.63) is 34.2 Å². The molecule has 4 N–H and O–H groups in total. The number of carbonyl (C=O) groups is 2. The SMILES string of the molecule is COCC1CCN(C(=O)[C@@H](O)C(C)(C)C)C1[C-]=O.COc1ccc2nc(CCCCCC3CC3)c(=O)[nH]c2c1.NC=O.[V]. The number of primary amides is 1. The molecule has 43 heavy (non-hydrogen) atoms. The number of rotatable bonds is 11. The average Bonchev–Trinajstić information content (AvgIpc) is 3.70. The number of amides is 2. The Morgan fingerprint density at radius 2 is 1.91 bits per heavy atom. The summed E-state index contributed by atoms with van der Waals surface area (Å²) in [5.41, 5.74) is 5.77. The molecular weight excluding hydrogens is 591 g/mol. The van der Waals surface area contributed by atoms with Gasteiger partial charge in [-0.3, -0.25) is 14.4 Å². The number of likely N-dealkylation sites (tertiary alicyclic amines) is 1. The Kier molecular flexibility index (Phi) is 16.8. The van der Waals surface area contributed by atoms with E-state index in [4.69, 9.17) is 14.3 Å². The molecule has 2 unspecified atom stereocenters. The first kappa shape index (κ1) is 38.3. The minimum absolute atomic E-state index is 0. The first-order chi connectivity index (χ1) is 20.0. The number of aliphatic hydroxyl groups is 1. The molecule has 4 rings (SSSR count). The number of H-pyrrole nitrogens is 1. The normalized spacial score (nSPS) is 18.3. The van der Waals surface area contributed by atoms with Crippen molar-refractivity contribution in [3.8, 4) is 5.75 Å². The van der Waals surface area contributed by atoms with Crippen LogP contribution in [-0.4, -0.2) is 78.1 Å². The number of aliphatic hydroxyl groups excluding tert-OH is 1. The molecule has 0 bridgehead atoms. The van der Waals surface area contributed by atoms with Crippen molar-refractivity contribution in [1.82, 2.24) is 14.9 Å². The number of unbranched alkanes of at least 4 members (excludes halogenated alkanes) is 2. The van der Waals surface area contributed by atoms with Crippen LogP contribution in [0.25, 0.3) is 11.0 Å². The van der Waals surface area contributed by atoms with Gasteiger partial charge >= 0.3 is 0 Å². The summed E-state index contributed by atoms with van der Waals surface area (Å²) in [6.07, 6.45) is 10.3. The van der Waals surface area contributed by atoms with Crippen molar-refractivity contribution < 1.29 is 47.5 Å². The number of benzene rings is 1. The quantitative estimate of drug-likeness (QED) is 0.192. The number of carbonyl (C=O) groups excluding carboxylic acids is 3. The first-order valence-corrected chi connectivity index (χ1v) is 14.6. The van der Waals surface area contributed by atoms with Gasteiger partial charge < -0.3 is 35.0 Å². The van der Waals surface area contributed by atoms with Crippen LogP contribution in [0.2, 0.25) is 0 Å². The van der Waals surface area contributed by atoms with E-state index in [1.54, 1.807) is 35.0 Å². The number of fused-ring (bicyclic) bond motifs is 1. The molecule has 3 atom stereocenters. The van der Waals surface area contributed by atoms with E-state index < -0.39 is 23.5 Å². The van der Waals surface area contributed by atoms with Gasteiger partial charge in [0.1, 0.15) is 17.5 Å². The van der Waals surface area contributed by atoms with E-state index in [0.29, 0.717) is 25.3 Å². The standard InChI is InChI=1S/C17H22N2O2.C13H22NO4.CH3NO.V/c1-21-13-9-10-14-16(11-13)19-17(20)15(18-14)6-4-2-3-5-12-7-8-12;1-13(2,3)11(16)12(17)14-6-5-9(8-18-4)10(14)7-15;2-1-3;/h9-12H,2-8H2,1H3,(H,19,20);9-11,16H,5-6,8H2,1-4H3;1H,(H2,2,3);/q;-1;;/t;9?,10?,11-;;/m.1../s1. The largest absolute Gasteiger partial charge is 0.540 e. The van der Waals surface area contributed by atoms with Gasteiger partial charge in [0.25, 0.3) is 5.56 Å². The molecule has 11 nitrogen and oxygen atoms in total. The Bertz CT molecular complexity index is 1210. The zero-order valence-corrected chi connectivity index (χ0v) is 27.4. The van der Waals surface area contributed by atoms with Crippen LogP contribution >= 0.6 is 0 Å². The molecule has 2 amide bonds. The van der Waals surface area contributed by atoms with Crippen molar-refractivity contribution in [3.63, 3.8) is 0 Å². The van der Waals surface area contributed by atoms with E-state index in [1.807, 2.05) is 24.5 Å². The van der Waals surface area contributed by atoms with Crippen LogP contribution in [0.1, 0.15) is 71.4 Å². The van der Waals surface area contributed by atoms with Crippen molar-refractivity contribution >= 4 is 29.6 Å². The Morgan fingerprint density at radius 1 is 1.23 bits per heavy atom. The molecule has 12 heteroatoms. The smallest absolute Gasteiger partial charge is 0.270 e. The third-order valence-corrected chi connectivity index (χ3v) is 7.55. The number of aryl methyl sites for hydroxylation is 1. The van der Waals surface area contributed by atoms with Gasteiger partial charge in [-0.1, -0.05) is 58.9 Å². The van der Waals surface area contributed by atoms with Gasteiger partial charge in [-0.25, -0.2) is 11.3 Å². The molecule has 1 saturated carbocycles. The van der Waals surface area contributed by atoms with E-state index >= 15 is 0 Å². The molecule has 1 aromatic heterocycles. The van der Waals surface area contributed by atoms with Crippen LogP contribution in [0.4, 0.5) is 0 Å². The summed E-state index contributed by atoms with van der Waals surface area (Å²) in [5, 5.41) is 9.99. The van der Waals surface area contributed by atoms with Gasteiger partial charge in [-0.15, -0.1) is 0 Å². The number of nitrogens with two attached hydrogens (primary N) is 1. The number of aromatic amines is 1. The fraction of sp³-hybridized carbons (Fsp3) is 0.645. The number of aromatic nitrogens is 2. The molecule has 1 aromatic carbocycles. The molecule has 239 valence electrons. The summed E-state index contributed by atoms with van der Waals surface area (Å²) in [6, 6.07) is 4.96. The summed E-state index contributed by atoms with van der Waals surface area (Å²) < 4.78 is 10.2. The predicted octanol–water partition coefficient (Wildman–Crippen LogP) is 2.91. The summed E-state index contributed by atoms with van der Waals surface area (Å²) in [5.74, 6) is 1.31. The fourth-order valence-electron chi connectivity index (χ4n) is 4.89. The molecule has 1 aliphatic carbocycles. The minimum Gasteiger partial charge on any atom is -0.540 e. The maximum absolute atomic E-state index is 12.2. The Hall–Kier alpha value is -2.73. The predicted molar refractivity (Wildman–Crippen MR) is 161 cm³/mol. The summed E-state index contributed by atoms with van der Waals surface area (Å²) in [6.45, 7) is 6.27. The number of methoxy groups -OCH3 is 2. The first-order valence-electron chi connectivity index (χ1n) is 14.6. The van der Waals surface area contributed by atoms with Crippen molar-refractivity contribution in [1.29, 1.82) is 0 Å². The zero-order valence-electron chi connectivity index (χ0n) is 26.0. The maximum Gasteiger partial charge on any atom is 0.270 e.